The van der Waals surface area contributed by atoms with Gasteiger partial charge in [-0.05, 0) is 56.6 Å². The van der Waals surface area contributed by atoms with Gasteiger partial charge < -0.3 is 19.7 Å². The van der Waals surface area contributed by atoms with Crippen molar-refractivity contribution in [2.75, 3.05) is 37.6 Å². The van der Waals surface area contributed by atoms with Crippen LogP contribution in [0.1, 0.15) is 39.9 Å². The summed E-state index contributed by atoms with van der Waals surface area (Å²) in [4.78, 5) is 22.3. The number of carbonyl (C=O) groups excluding carboxylic acids is 1. The van der Waals surface area contributed by atoms with E-state index in [2.05, 4.69) is 55.9 Å². The van der Waals surface area contributed by atoms with Crippen LogP contribution in [0.3, 0.4) is 0 Å². The predicted molar refractivity (Wildman–Crippen MR) is 151 cm³/mol. The summed E-state index contributed by atoms with van der Waals surface area (Å²) in [5.41, 5.74) is 4.75. The molecule has 4 aromatic rings. The molecule has 2 aromatic heterocycles. The number of anilines is 1. The zero-order valence-corrected chi connectivity index (χ0v) is 21.9. The van der Waals surface area contributed by atoms with E-state index < -0.39 is 0 Å². The summed E-state index contributed by atoms with van der Waals surface area (Å²) in [7, 11) is 0. The minimum atomic E-state index is -0.0414. The van der Waals surface area contributed by atoms with Crippen LogP contribution < -0.4 is 10.2 Å². The Labute approximate surface area is 224 Å². The van der Waals surface area contributed by atoms with E-state index in [-0.39, 0.29) is 5.91 Å². The number of nitrogens with one attached hydrogen (secondary N) is 1. The summed E-state index contributed by atoms with van der Waals surface area (Å²) in [6.45, 7) is 8.17. The highest BCUT2D eigenvalue weighted by Crippen LogP contribution is 2.23. The quantitative estimate of drug-likeness (QED) is 0.373. The van der Waals surface area contributed by atoms with Crippen molar-refractivity contribution in [1.29, 1.82) is 5.26 Å². The average molecular weight is 507 g/mol. The van der Waals surface area contributed by atoms with Crippen LogP contribution in [0.5, 0.6) is 0 Å². The lowest BCUT2D eigenvalue weighted by Gasteiger charge is -2.23. The van der Waals surface area contributed by atoms with Crippen LogP contribution in [0.4, 0.5) is 5.82 Å². The summed E-state index contributed by atoms with van der Waals surface area (Å²) < 4.78 is 2.22. The minimum Gasteiger partial charge on any atom is -0.354 e. The Balaban J connectivity index is 1.19. The molecular weight excluding hydrogens is 472 g/mol. The number of nitriles is 1. The van der Waals surface area contributed by atoms with Gasteiger partial charge in [0, 0.05) is 56.0 Å². The molecule has 0 unspecified atom stereocenters. The molecule has 1 N–H and O–H groups in total. The molecule has 1 fully saturated rings. The second kappa shape index (κ2) is 11.9. The van der Waals surface area contributed by atoms with E-state index in [0.717, 1.165) is 80.0 Å². The van der Waals surface area contributed by atoms with Gasteiger partial charge in [-0.1, -0.05) is 48.0 Å². The van der Waals surface area contributed by atoms with Crippen molar-refractivity contribution in [3.63, 3.8) is 0 Å². The maximum absolute atomic E-state index is 13.1. The van der Waals surface area contributed by atoms with Gasteiger partial charge in [0.25, 0.3) is 5.91 Å². The second-order valence-electron chi connectivity index (χ2n) is 9.95. The van der Waals surface area contributed by atoms with Gasteiger partial charge in [0.05, 0.1) is 11.1 Å². The van der Waals surface area contributed by atoms with Crippen LogP contribution >= 0.6 is 0 Å². The highest BCUT2D eigenvalue weighted by atomic mass is 16.1. The number of aryl methyl sites for hydroxylation is 2. The van der Waals surface area contributed by atoms with Crippen LogP contribution in [-0.2, 0) is 13.1 Å². The Hall–Kier alpha value is -4.15. The highest BCUT2D eigenvalue weighted by molar-refractivity contribution is 6.07. The zero-order chi connectivity index (χ0) is 26.3. The number of benzene rings is 2. The van der Waals surface area contributed by atoms with Crippen molar-refractivity contribution in [2.24, 2.45) is 0 Å². The van der Waals surface area contributed by atoms with Crippen molar-refractivity contribution in [3.8, 4) is 6.07 Å². The van der Waals surface area contributed by atoms with Crippen LogP contribution in [0, 0.1) is 18.3 Å². The number of nitrogens with zero attached hydrogens (tertiary/aromatic N) is 5. The summed E-state index contributed by atoms with van der Waals surface area (Å²) in [6.07, 6.45) is 5.80. The molecule has 0 radical (unpaired) electrons. The molecule has 0 saturated carbocycles. The Bertz CT molecular complexity index is 1450. The first-order chi connectivity index (χ1) is 18.6. The largest absolute Gasteiger partial charge is 0.354 e. The van der Waals surface area contributed by atoms with Gasteiger partial charge in [-0.3, -0.25) is 4.79 Å². The minimum absolute atomic E-state index is 0.0414. The number of para-hydroxylation sites is 1. The van der Waals surface area contributed by atoms with E-state index in [1.54, 1.807) is 6.20 Å². The van der Waals surface area contributed by atoms with Crippen LogP contribution in [0.15, 0.2) is 73.1 Å². The zero-order valence-electron chi connectivity index (χ0n) is 21.9. The molecule has 7 nitrogen and oxygen atoms in total. The van der Waals surface area contributed by atoms with Crippen molar-refractivity contribution >= 4 is 22.6 Å². The van der Waals surface area contributed by atoms with Crippen LogP contribution in [0.2, 0.25) is 0 Å². The average Bonchev–Trinajstić information content (AvgIpc) is 3.15. The van der Waals surface area contributed by atoms with Gasteiger partial charge in [-0.25, -0.2) is 4.98 Å². The monoisotopic (exact) mass is 506 g/mol. The van der Waals surface area contributed by atoms with Crippen molar-refractivity contribution in [1.82, 2.24) is 19.8 Å². The molecular formula is C31H34N6O. The number of hydrogen-bond acceptors (Lipinski definition) is 5. The number of carbonyl (C=O) groups is 1. The molecule has 0 aliphatic carbocycles. The molecule has 0 spiro atoms. The fraction of sp³-hybridized carbons (Fsp3) is 0.323. The lowest BCUT2D eigenvalue weighted by molar-refractivity contribution is 0.0952. The molecule has 5 rings (SSSR count). The van der Waals surface area contributed by atoms with Crippen LogP contribution in [0.25, 0.3) is 10.9 Å². The van der Waals surface area contributed by atoms with Crippen molar-refractivity contribution < 1.29 is 4.79 Å². The summed E-state index contributed by atoms with van der Waals surface area (Å²) in [5, 5.41) is 13.5. The first-order valence-corrected chi connectivity index (χ1v) is 13.4. The third-order valence-electron chi connectivity index (χ3n) is 7.24. The van der Waals surface area contributed by atoms with E-state index in [1.165, 1.54) is 5.56 Å². The summed E-state index contributed by atoms with van der Waals surface area (Å²) >= 11 is 0. The van der Waals surface area contributed by atoms with E-state index in [0.29, 0.717) is 12.1 Å². The summed E-state index contributed by atoms with van der Waals surface area (Å²) in [5.74, 6) is 0.754. The molecule has 194 valence electrons. The normalized spacial score (nSPS) is 14.3. The third kappa shape index (κ3) is 5.87. The SMILES string of the molecule is Cc1cccc(CNC(=O)c2cn(CCCN3CCCN(c4ncccc4C#N)CC3)c3ccccc23)c1. The Morgan fingerprint density at radius 2 is 1.92 bits per heavy atom. The second-order valence-corrected chi connectivity index (χ2v) is 9.95. The lowest BCUT2D eigenvalue weighted by atomic mass is 10.1. The number of pyridine rings is 1. The van der Waals surface area contributed by atoms with Gasteiger partial charge in [-0.2, -0.15) is 5.26 Å². The molecule has 1 aliphatic heterocycles. The molecule has 0 bridgehead atoms. The number of hydrogen-bond donors (Lipinski definition) is 1. The molecule has 38 heavy (non-hydrogen) atoms. The smallest absolute Gasteiger partial charge is 0.253 e. The van der Waals surface area contributed by atoms with Gasteiger partial charge in [0.2, 0.25) is 0 Å². The fourth-order valence-corrected chi connectivity index (χ4v) is 5.32. The fourth-order valence-electron chi connectivity index (χ4n) is 5.32. The van der Waals surface area contributed by atoms with E-state index >= 15 is 0 Å². The van der Waals surface area contributed by atoms with Gasteiger partial charge >= 0.3 is 0 Å². The van der Waals surface area contributed by atoms with Gasteiger partial charge in [0.1, 0.15) is 11.9 Å². The number of aromatic nitrogens is 2. The summed E-state index contributed by atoms with van der Waals surface area (Å²) in [6, 6.07) is 22.3. The third-order valence-corrected chi connectivity index (χ3v) is 7.24. The Morgan fingerprint density at radius 3 is 2.79 bits per heavy atom. The van der Waals surface area contributed by atoms with Gasteiger partial charge in [0.15, 0.2) is 0 Å². The molecule has 2 aromatic carbocycles. The molecule has 1 amide bonds. The molecule has 1 aliphatic rings. The maximum atomic E-state index is 13.1. The predicted octanol–water partition coefficient (Wildman–Crippen LogP) is 4.75. The Morgan fingerprint density at radius 1 is 1.03 bits per heavy atom. The highest BCUT2D eigenvalue weighted by Gasteiger charge is 2.19. The Kier molecular flexibility index (Phi) is 8.01. The lowest BCUT2D eigenvalue weighted by Crippen LogP contribution is -2.32. The number of amides is 1. The maximum Gasteiger partial charge on any atom is 0.253 e. The number of rotatable bonds is 8. The first kappa shape index (κ1) is 25.5. The molecule has 1 saturated heterocycles. The van der Waals surface area contributed by atoms with E-state index in [9.17, 15) is 10.1 Å². The molecule has 3 heterocycles. The standard InChI is InChI=1S/C31H34N6O/c1-24-8-4-9-25(20-24)22-34-31(38)28-23-37(29-12-3-2-11-27(28)29)17-7-15-35-14-6-16-36(19-18-35)30-26(21-32)10-5-13-33-30/h2-5,8-13,20,23H,6-7,14-19,22H2,1H3,(H,34,38). The van der Waals surface area contributed by atoms with E-state index in [4.69, 9.17) is 0 Å². The first-order valence-electron chi connectivity index (χ1n) is 13.4. The molecule has 7 heteroatoms. The topological polar surface area (TPSA) is 77.2 Å². The van der Waals surface area contributed by atoms with Gasteiger partial charge in [-0.15, -0.1) is 0 Å². The number of fused-ring (bicyclic) bond motifs is 1. The van der Waals surface area contributed by atoms with Crippen LogP contribution in [-0.4, -0.2) is 53.1 Å². The van der Waals surface area contributed by atoms with E-state index in [1.807, 2.05) is 48.7 Å². The van der Waals surface area contributed by atoms with Crippen molar-refractivity contribution in [2.45, 2.75) is 32.9 Å². The molecule has 0 atom stereocenters. The van der Waals surface area contributed by atoms with Crippen molar-refractivity contribution in [3.05, 3.63) is 95.3 Å².